The summed E-state index contributed by atoms with van der Waals surface area (Å²) >= 11 is 1.88. The second kappa shape index (κ2) is 7.06. The quantitative estimate of drug-likeness (QED) is 0.750. The van der Waals surface area contributed by atoms with Crippen molar-refractivity contribution < 1.29 is 5.11 Å². The molecule has 19 heavy (non-hydrogen) atoms. The van der Waals surface area contributed by atoms with E-state index in [0.29, 0.717) is 0 Å². The Morgan fingerprint density at radius 2 is 2.26 bits per heavy atom. The lowest BCUT2D eigenvalue weighted by molar-refractivity contribution is 0.350. The van der Waals surface area contributed by atoms with Crippen LogP contribution in [0.2, 0.25) is 0 Å². The van der Waals surface area contributed by atoms with Gasteiger partial charge in [-0.3, -0.25) is 0 Å². The number of hydrogen-bond donors (Lipinski definition) is 1. The molecule has 1 fully saturated rings. The molecular formula is C17H24OS. The summed E-state index contributed by atoms with van der Waals surface area (Å²) in [4.78, 5) is 2.76. The van der Waals surface area contributed by atoms with Gasteiger partial charge in [0.25, 0.3) is 0 Å². The van der Waals surface area contributed by atoms with Crippen molar-refractivity contribution in [1.82, 2.24) is 0 Å². The highest BCUT2D eigenvalue weighted by molar-refractivity contribution is 7.13. The molecule has 1 aliphatic carbocycles. The Morgan fingerprint density at radius 3 is 2.84 bits per heavy atom. The Bertz CT molecular complexity index is 464. The van der Waals surface area contributed by atoms with E-state index in [4.69, 9.17) is 0 Å². The van der Waals surface area contributed by atoms with Gasteiger partial charge >= 0.3 is 0 Å². The van der Waals surface area contributed by atoms with E-state index in [0.717, 1.165) is 17.9 Å². The highest BCUT2D eigenvalue weighted by Crippen LogP contribution is 2.36. The number of aryl methyl sites for hydroxylation is 1. The van der Waals surface area contributed by atoms with Gasteiger partial charge in [-0.25, -0.2) is 0 Å². The molecule has 0 aliphatic heterocycles. The van der Waals surface area contributed by atoms with E-state index in [2.05, 4.69) is 38.1 Å². The van der Waals surface area contributed by atoms with Gasteiger partial charge < -0.3 is 5.11 Å². The van der Waals surface area contributed by atoms with Crippen LogP contribution in [0.25, 0.3) is 11.6 Å². The van der Waals surface area contributed by atoms with Crippen molar-refractivity contribution in [3.63, 3.8) is 0 Å². The summed E-state index contributed by atoms with van der Waals surface area (Å²) in [5, 5.41) is 9.55. The van der Waals surface area contributed by atoms with Crippen molar-refractivity contribution in [2.75, 3.05) is 6.61 Å². The number of rotatable bonds is 7. The van der Waals surface area contributed by atoms with Crippen molar-refractivity contribution >= 4 is 23.0 Å². The summed E-state index contributed by atoms with van der Waals surface area (Å²) < 4.78 is 0. The monoisotopic (exact) mass is 276 g/mol. The van der Waals surface area contributed by atoms with E-state index >= 15 is 0 Å². The highest BCUT2D eigenvalue weighted by atomic mass is 32.1. The van der Waals surface area contributed by atoms with Gasteiger partial charge in [0.1, 0.15) is 0 Å². The molecule has 0 saturated heterocycles. The van der Waals surface area contributed by atoms with Crippen LogP contribution in [0, 0.1) is 5.92 Å². The predicted octanol–water partition coefficient (Wildman–Crippen LogP) is 4.91. The molecule has 1 aromatic rings. The summed E-state index contributed by atoms with van der Waals surface area (Å²) in [6.07, 6.45) is 12.7. The van der Waals surface area contributed by atoms with Gasteiger partial charge in [-0.05, 0) is 55.4 Å². The highest BCUT2D eigenvalue weighted by Gasteiger charge is 2.21. The molecular weight excluding hydrogens is 252 g/mol. The lowest BCUT2D eigenvalue weighted by Crippen LogP contribution is -1.90. The molecule has 104 valence electrons. The average Bonchev–Trinajstić information content (AvgIpc) is 3.16. The maximum absolute atomic E-state index is 9.55. The van der Waals surface area contributed by atoms with E-state index in [9.17, 15) is 5.11 Å². The molecule has 0 spiro atoms. The zero-order valence-corrected chi connectivity index (χ0v) is 12.8. The number of aliphatic hydroxyl groups excluding tert-OH is 1. The van der Waals surface area contributed by atoms with Crippen LogP contribution >= 0.6 is 11.3 Å². The fraction of sp³-hybridized carbons (Fsp3) is 0.529. The van der Waals surface area contributed by atoms with Gasteiger partial charge in [-0.2, -0.15) is 0 Å². The smallest absolute Gasteiger partial charge is 0.0685 e. The van der Waals surface area contributed by atoms with Crippen LogP contribution in [0.3, 0.4) is 0 Å². The second-order valence-electron chi connectivity index (χ2n) is 5.27. The fourth-order valence-corrected chi connectivity index (χ4v) is 3.55. The number of allylic oxidation sites excluding steroid dienone is 2. The Balaban J connectivity index is 2.20. The maximum atomic E-state index is 9.55. The molecule has 2 rings (SSSR count). The van der Waals surface area contributed by atoms with Gasteiger partial charge in [-0.15, -0.1) is 11.3 Å². The van der Waals surface area contributed by atoms with Gasteiger partial charge in [0.2, 0.25) is 0 Å². The molecule has 0 amide bonds. The van der Waals surface area contributed by atoms with Crippen molar-refractivity contribution in [1.29, 1.82) is 0 Å². The van der Waals surface area contributed by atoms with Crippen LogP contribution in [-0.2, 0) is 6.42 Å². The summed E-state index contributed by atoms with van der Waals surface area (Å²) in [7, 11) is 0. The average molecular weight is 276 g/mol. The fourth-order valence-electron chi connectivity index (χ4n) is 2.37. The first-order chi connectivity index (χ1) is 9.28. The van der Waals surface area contributed by atoms with Crippen molar-refractivity contribution in [3.8, 4) is 0 Å². The lowest BCUT2D eigenvalue weighted by Gasteiger charge is -2.02. The third-order valence-corrected chi connectivity index (χ3v) is 4.75. The molecule has 2 heteroatoms. The molecule has 1 aromatic heterocycles. The van der Waals surface area contributed by atoms with Crippen molar-refractivity contribution in [2.45, 2.75) is 46.0 Å². The van der Waals surface area contributed by atoms with Gasteiger partial charge in [0.15, 0.2) is 0 Å². The van der Waals surface area contributed by atoms with Crippen LogP contribution in [0.4, 0.5) is 0 Å². The number of thiophene rings is 1. The van der Waals surface area contributed by atoms with Crippen LogP contribution in [0.15, 0.2) is 18.2 Å². The zero-order chi connectivity index (χ0) is 13.7. The van der Waals surface area contributed by atoms with Gasteiger partial charge in [0.05, 0.1) is 6.61 Å². The van der Waals surface area contributed by atoms with Crippen LogP contribution in [0.5, 0.6) is 0 Å². The SMILES string of the molecule is C/C=C\c1sc(CCC2CC2)cc1/C(=C/CC)CO. The topological polar surface area (TPSA) is 20.2 Å². The third kappa shape index (κ3) is 4.05. The molecule has 0 bridgehead atoms. The third-order valence-electron chi connectivity index (χ3n) is 3.59. The molecule has 0 aromatic carbocycles. The minimum Gasteiger partial charge on any atom is -0.392 e. The molecule has 1 saturated carbocycles. The Hall–Kier alpha value is -0.860. The molecule has 0 unspecified atom stereocenters. The van der Waals surface area contributed by atoms with E-state index in [1.807, 2.05) is 11.3 Å². The molecule has 1 heterocycles. The largest absolute Gasteiger partial charge is 0.392 e. The van der Waals surface area contributed by atoms with Gasteiger partial charge in [-0.1, -0.05) is 31.9 Å². The van der Waals surface area contributed by atoms with E-state index < -0.39 is 0 Å². The Kier molecular flexibility index (Phi) is 5.41. The first-order valence-corrected chi connectivity index (χ1v) is 8.15. The summed E-state index contributed by atoms with van der Waals surface area (Å²) in [6.45, 7) is 4.30. The first kappa shape index (κ1) is 14.5. The van der Waals surface area contributed by atoms with E-state index in [-0.39, 0.29) is 6.61 Å². The molecule has 1 N–H and O–H groups in total. The summed E-state index contributed by atoms with van der Waals surface area (Å²) in [5.41, 5.74) is 2.31. The standard InChI is InChI=1S/C17H24OS/c1-3-5-14(12-18)16-11-15(10-9-13-7-8-13)19-17(16)6-4-2/h4-6,11,13,18H,3,7-10,12H2,1-2H3/b6-4-,14-5+. The Morgan fingerprint density at radius 1 is 1.47 bits per heavy atom. The van der Waals surface area contributed by atoms with Crippen molar-refractivity contribution in [2.24, 2.45) is 5.92 Å². The minimum atomic E-state index is 0.136. The molecule has 0 atom stereocenters. The van der Waals surface area contributed by atoms with Crippen LogP contribution < -0.4 is 0 Å². The number of aliphatic hydroxyl groups is 1. The first-order valence-electron chi connectivity index (χ1n) is 7.34. The number of hydrogen-bond acceptors (Lipinski definition) is 2. The minimum absolute atomic E-state index is 0.136. The van der Waals surface area contributed by atoms with Crippen LogP contribution in [-0.4, -0.2) is 11.7 Å². The van der Waals surface area contributed by atoms with Crippen molar-refractivity contribution in [3.05, 3.63) is 33.5 Å². The molecule has 0 radical (unpaired) electrons. The summed E-state index contributed by atoms with van der Waals surface area (Å²) in [5.74, 6) is 0.985. The second-order valence-corrected chi connectivity index (χ2v) is 6.44. The molecule has 1 aliphatic rings. The lowest BCUT2D eigenvalue weighted by atomic mass is 10.0. The zero-order valence-electron chi connectivity index (χ0n) is 12.0. The maximum Gasteiger partial charge on any atom is 0.0685 e. The van der Waals surface area contributed by atoms with Crippen LogP contribution in [0.1, 0.15) is 54.8 Å². The normalized spacial score (nSPS) is 16.5. The summed E-state index contributed by atoms with van der Waals surface area (Å²) in [6, 6.07) is 2.29. The molecule has 1 nitrogen and oxygen atoms in total. The van der Waals surface area contributed by atoms with E-state index in [1.165, 1.54) is 41.0 Å². The predicted molar refractivity (Wildman–Crippen MR) is 85.4 cm³/mol. The Labute approximate surface area is 120 Å². The van der Waals surface area contributed by atoms with E-state index in [1.54, 1.807) is 0 Å². The van der Waals surface area contributed by atoms with Gasteiger partial charge in [0, 0.05) is 9.75 Å².